The highest BCUT2D eigenvalue weighted by atomic mass is 32.2. The van der Waals surface area contributed by atoms with Crippen LogP contribution in [0.15, 0.2) is 57.4 Å². The van der Waals surface area contributed by atoms with Crippen molar-refractivity contribution in [2.24, 2.45) is 5.16 Å². The quantitative estimate of drug-likeness (QED) is 0.442. The van der Waals surface area contributed by atoms with Crippen molar-refractivity contribution in [3.63, 3.8) is 0 Å². The lowest BCUT2D eigenvalue weighted by molar-refractivity contribution is -0.101. The van der Waals surface area contributed by atoms with E-state index in [-0.39, 0.29) is 12.5 Å². The van der Waals surface area contributed by atoms with E-state index in [4.69, 9.17) is 15.2 Å². The Kier molecular flexibility index (Phi) is 6.40. The first-order chi connectivity index (χ1) is 13.4. The van der Waals surface area contributed by atoms with Crippen molar-refractivity contribution in [1.29, 1.82) is 5.26 Å². The summed E-state index contributed by atoms with van der Waals surface area (Å²) in [5.41, 5.74) is 2.13. The van der Waals surface area contributed by atoms with Crippen molar-refractivity contribution in [3.05, 3.63) is 59.2 Å². The molecule has 1 saturated heterocycles. The maximum atomic E-state index is 11.1. The molecule has 1 aliphatic heterocycles. The molecule has 0 spiro atoms. The molecule has 2 aromatic carbocycles. The van der Waals surface area contributed by atoms with Crippen molar-refractivity contribution in [3.8, 4) is 6.07 Å². The summed E-state index contributed by atoms with van der Waals surface area (Å²) < 4.78 is 5.58. The number of hydrogen-bond acceptors (Lipinski definition) is 6. The lowest BCUT2D eigenvalue weighted by Gasteiger charge is -2.36. The van der Waals surface area contributed by atoms with Gasteiger partial charge in [0.1, 0.15) is 0 Å². The Morgan fingerprint density at radius 1 is 1.32 bits per heavy atom. The molecule has 1 aliphatic rings. The van der Waals surface area contributed by atoms with E-state index in [1.165, 1.54) is 0 Å². The monoisotopic (exact) mass is 396 g/mol. The Labute approximate surface area is 169 Å². The number of nitrogens with zero attached hydrogens (tertiary/aromatic N) is 2. The first kappa shape index (κ1) is 20.4. The molecule has 3 rings (SSSR count). The number of hydrogen-bond donors (Lipinski definition) is 2. The molecule has 6 heteroatoms. The van der Waals surface area contributed by atoms with Gasteiger partial charge in [0.25, 0.3) is 0 Å². The summed E-state index contributed by atoms with van der Waals surface area (Å²) in [5.74, 6) is 0. The molecule has 0 saturated carbocycles. The average molecular weight is 397 g/mol. The zero-order chi connectivity index (χ0) is 20.1. The number of benzene rings is 2. The van der Waals surface area contributed by atoms with Crippen LogP contribution in [0.4, 0.5) is 0 Å². The van der Waals surface area contributed by atoms with Crippen molar-refractivity contribution >= 4 is 17.5 Å². The summed E-state index contributed by atoms with van der Waals surface area (Å²) >= 11 is 1.58. The van der Waals surface area contributed by atoms with Gasteiger partial charge in [0.05, 0.1) is 36.5 Å². The maximum absolute atomic E-state index is 11.1. The van der Waals surface area contributed by atoms with E-state index < -0.39 is 5.60 Å². The van der Waals surface area contributed by atoms with Crippen LogP contribution in [0.25, 0.3) is 0 Å². The minimum absolute atomic E-state index is 0.0348. The first-order valence-electron chi connectivity index (χ1n) is 9.26. The highest BCUT2D eigenvalue weighted by Gasteiger charge is 2.35. The van der Waals surface area contributed by atoms with Gasteiger partial charge in [0.15, 0.2) is 0 Å². The first-order valence-corrected chi connectivity index (χ1v) is 10.1. The Morgan fingerprint density at radius 3 is 2.82 bits per heavy atom. The molecule has 0 aromatic heterocycles. The third kappa shape index (κ3) is 4.56. The lowest BCUT2D eigenvalue weighted by Crippen LogP contribution is -2.37. The van der Waals surface area contributed by atoms with Gasteiger partial charge < -0.3 is 15.1 Å². The molecule has 0 bridgehead atoms. The SMILES string of the molecule is C/C(=N\O)c1ccc(Sc2cccc([C@@]3(O)CCO[C@@H](C)C3)c2)cc1CC#N. The van der Waals surface area contributed by atoms with Crippen LogP contribution in [-0.4, -0.2) is 28.7 Å². The van der Waals surface area contributed by atoms with Crippen LogP contribution in [0.2, 0.25) is 0 Å². The van der Waals surface area contributed by atoms with E-state index in [1.54, 1.807) is 18.7 Å². The third-order valence-corrected chi connectivity index (χ3v) is 6.02. The van der Waals surface area contributed by atoms with Crippen LogP contribution < -0.4 is 0 Å². The van der Waals surface area contributed by atoms with Gasteiger partial charge in [-0.3, -0.25) is 0 Å². The van der Waals surface area contributed by atoms with E-state index in [1.807, 2.05) is 49.4 Å². The van der Waals surface area contributed by atoms with Gasteiger partial charge in [0, 0.05) is 28.2 Å². The second kappa shape index (κ2) is 8.78. The lowest BCUT2D eigenvalue weighted by atomic mass is 9.84. The topological polar surface area (TPSA) is 85.8 Å². The van der Waals surface area contributed by atoms with E-state index in [2.05, 4.69) is 11.2 Å². The molecule has 0 unspecified atom stereocenters. The summed E-state index contributed by atoms with van der Waals surface area (Å²) in [6.45, 7) is 4.25. The smallest absolute Gasteiger partial charge is 0.0943 e. The fourth-order valence-corrected chi connectivity index (χ4v) is 4.53. The summed E-state index contributed by atoms with van der Waals surface area (Å²) in [4.78, 5) is 2.01. The Bertz CT molecular complexity index is 922. The van der Waals surface area contributed by atoms with Crippen LogP contribution in [0, 0.1) is 11.3 Å². The van der Waals surface area contributed by atoms with Crippen molar-refractivity contribution in [2.45, 2.75) is 54.6 Å². The van der Waals surface area contributed by atoms with Crippen molar-refractivity contribution in [2.75, 3.05) is 6.61 Å². The summed E-state index contributed by atoms with van der Waals surface area (Å²) in [5, 5.41) is 32.5. The molecule has 2 N–H and O–H groups in total. The van der Waals surface area contributed by atoms with E-state index in [9.17, 15) is 5.11 Å². The van der Waals surface area contributed by atoms with Gasteiger partial charge in [-0.1, -0.05) is 35.1 Å². The molecule has 5 nitrogen and oxygen atoms in total. The molecule has 28 heavy (non-hydrogen) atoms. The molecule has 1 heterocycles. The number of aliphatic hydroxyl groups is 1. The molecule has 0 aliphatic carbocycles. The zero-order valence-corrected chi connectivity index (χ0v) is 16.9. The van der Waals surface area contributed by atoms with Crippen LogP contribution in [0.5, 0.6) is 0 Å². The number of oxime groups is 1. The molecule has 0 radical (unpaired) electrons. The average Bonchev–Trinajstić information content (AvgIpc) is 2.68. The fraction of sp³-hybridized carbons (Fsp3) is 0.364. The second-order valence-corrected chi connectivity index (χ2v) is 8.28. The number of nitriles is 1. The van der Waals surface area contributed by atoms with Gasteiger partial charge >= 0.3 is 0 Å². The van der Waals surface area contributed by atoms with Gasteiger partial charge in [0.2, 0.25) is 0 Å². The third-order valence-electron chi connectivity index (χ3n) is 5.04. The molecule has 1 fully saturated rings. The molecular weight excluding hydrogens is 372 g/mol. The number of ether oxygens (including phenoxy) is 1. The van der Waals surface area contributed by atoms with Gasteiger partial charge in [-0.15, -0.1) is 0 Å². The van der Waals surface area contributed by atoms with Crippen LogP contribution in [-0.2, 0) is 16.8 Å². The molecular formula is C22H24N2O3S. The van der Waals surface area contributed by atoms with Gasteiger partial charge in [-0.05, 0) is 49.2 Å². The van der Waals surface area contributed by atoms with Gasteiger partial charge in [-0.25, -0.2) is 0 Å². The standard InChI is InChI=1S/C22H24N2O3S/c1-15-14-22(25,9-11-27-15)18-4-3-5-19(13-18)28-20-6-7-21(16(2)24-26)17(12-20)8-10-23/h3-7,12-13,15,25-26H,8-9,11,14H2,1-2H3/b24-16+/t15-,22+/m0/s1. The van der Waals surface area contributed by atoms with Crippen molar-refractivity contribution < 1.29 is 15.1 Å². The minimum Gasteiger partial charge on any atom is -0.411 e. The highest BCUT2D eigenvalue weighted by molar-refractivity contribution is 7.99. The second-order valence-electron chi connectivity index (χ2n) is 7.14. The zero-order valence-electron chi connectivity index (χ0n) is 16.1. The maximum Gasteiger partial charge on any atom is 0.0943 e. The Balaban J connectivity index is 1.86. The predicted molar refractivity (Wildman–Crippen MR) is 109 cm³/mol. The minimum atomic E-state index is -0.862. The van der Waals surface area contributed by atoms with E-state index >= 15 is 0 Å². The van der Waals surface area contributed by atoms with Crippen molar-refractivity contribution in [1.82, 2.24) is 0 Å². The number of rotatable bonds is 5. The molecule has 2 atom stereocenters. The fourth-order valence-electron chi connectivity index (χ4n) is 3.58. The molecule has 146 valence electrons. The summed E-state index contributed by atoms with van der Waals surface area (Å²) in [6.07, 6.45) is 1.45. The summed E-state index contributed by atoms with van der Waals surface area (Å²) in [6, 6.07) is 15.9. The highest BCUT2D eigenvalue weighted by Crippen LogP contribution is 2.37. The molecule has 2 aromatic rings. The Hall–Kier alpha value is -2.33. The van der Waals surface area contributed by atoms with E-state index in [0.717, 1.165) is 26.5 Å². The van der Waals surface area contributed by atoms with E-state index in [0.29, 0.717) is 25.2 Å². The largest absolute Gasteiger partial charge is 0.411 e. The van der Waals surface area contributed by atoms with Crippen LogP contribution in [0.1, 0.15) is 43.4 Å². The predicted octanol–water partition coefficient (Wildman–Crippen LogP) is 4.49. The molecule has 0 amide bonds. The van der Waals surface area contributed by atoms with Crippen LogP contribution >= 0.6 is 11.8 Å². The Morgan fingerprint density at radius 2 is 2.11 bits per heavy atom. The normalized spacial score (nSPS) is 22.6. The summed E-state index contributed by atoms with van der Waals surface area (Å²) in [7, 11) is 0. The van der Waals surface area contributed by atoms with Gasteiger partial charge in [-0.2, -0.15) is 5.26 Å². The van der Waals surface area contributed by atoms with Crippen LogP contribution in [0.3, 0.4) is 0 Å².